The molecule has 4 heteroatoms. The van der Waals surface area contributed by atoms with Gasteiger partial charge >= 0.3 is 5.97 Å². The number of nitrogens with zero attached hydrogens (tertiary/aromatic N) is 1. The standard InChI is InChI=1S/C13H26N2O2/c1-13(2,3)12(16)17-15-9-6-11(7-10-15)5-8-14-4/h11,14H,5-10H2,1-4H3. The molecule has 0 unspecified atom stereocenters. The maximum Gasteiger partial charge on any atom is 0.330 e. The molecule has 0 aromatic heterocycles. The van der Waals surface area contributed by atoms with Crippen LogP contribution in [-0.4, -0.2) is 37.7 Å². The Morgan fingerprint density at radius 1 is 1.35 bits per heavy atom. The molecule has 0 radical (unpaired) electrons. The van der Waals surface area contributed by atoms with Gasteiger partial charge in [-0.1, -0.05) is 0 Å². The fourth-order valence-corrected chi connectivity index (χ4v) is 1.89. The van der Waals surface area contributed by atoms with Crippen LogP contribution in [0.5, 0.6) is 0 Å². The highest BCUT2D eigenvalue weighted by molar-refractivity contribution is 5.75. The van der Waals surface area contributed by atoms with Crippen LogP contribution in [0.25, 0.3) is 0 Å². The summed E-state index contributed by atoms with van der Waals surface area (Å²) in [7, 11) is 1.99. The van der Waals surface area contributed by atoms with Crippen LogP contribution in [0.1, 0.15) is 40.0 Å². The third kappa shape index (κ3) is 5.04. The molecular weight excluding hydrogens is 216 g/mol. The van der Waals surface area contributed by atoms with E-state index in [1.54, 1.807) is 0 Å². The van der Waals surface area contributed by atoms with Crippen LogP contribution < -0.4 is 5.32 Å². The summed E-state index contributed by atoms with van der Waals surface area (Å²) >= 11 is 0. The normalized spacial score (nSPS) is 19.3. The van der Waals surface area contributed by atoms with Crippen molar-refractivity contribution in [2.24, 2.45) is 11.3 Å². The van der Waals surface area contributed by atoms with Crippen molar-refractivity contribution in [1.29, 1.82) is 0 Å². The average Bonchev–Trinajstić information content (AvgIpc) is 2.27. The molecule has 0 aromatic carbocycles. The number of rotatable bonds is 4. The van der Waals surface area contributed by atoms with Gasteiger partial charge in [-0.3, -0.25) is 0 Å². The Kier molecular flexibility index (Phi) is 5.40. The van der Waals surface area contributed by atoms with Crippen molar-refractivity contribution in [3.8, 4) is 0 Å². The van der Waals surface area contributed by atoms with E-state index in [0.717, 1.165) is 38.4 Å². The summed E-state index contributed by atoms with van der Waals surface area (Å²) in [6.07, 6.45) is 3.47. The van der Waals surface area contributed by atoms with Gasteiger partial charge in [-0.2, -0.15) is 0 Å². The van der Waals surface area contributed by atoms with Crippen molar-refractivity contribution in [2.75, 3.05) is 26.7 Å². The van der Waals surface area contributed by atoms with Crippen LogP contribution in [-0.2, 0) is 9.63 Å². The largest absolute Gasteiger partial charge is 0.367 e. The zero-order valence-corrected chi connectivity index (χ0v) is 11.6. The molecule has 17 heavy (non-hydrogen) atoms. The molecule has 0 amide bonds. The maximum atomic E-state index is 11.7. The highest BCUT2D eigenvalue weighted by atomic mass is 16.7. The van der Waals surface area contributed by atoms with Gasteiger partial charge in [0.1, 0.15) is 0 Å². The first-order valence-corrected chi connectivity index (χ1v) is 6.55. The van der Waals surface area contributed by atoms with Crippen LogP contribution in [0.4, 0.5) is 0 Å². The number of carbonyl (C=O) groups is 1. The summed E-state index contributed by atoms with van der Waals surface area (Å²) in [5.41, 5.74) is -0.414. The third-order valence-corrected chi connectivity index (χ3v) is 3.20. The van der Waals surface area contributed by atoms with E-state index >= 15 is 0 Å². The lowest BCUT2D eigenvalue weighted by Gasteiger charge is -2.32. The number of nitrogens with one attached hydrogen (secondary N) is 1. The van der Waals surface area contributed by atoms with E-state index in [1.165, 1.54) is 6.42 Å². The SMILES string of the molecule is CNCCC1CCN(OC(=O)C(C)(C)C)CC1. The van der Waals surface area contributed by atoms with Crippen molar-refractivity contribution < 1.29 is 9.63 Å². The van der Waals surface area contributed by atoms with Crippen LogP contribution >= 0.6 is 0 Å². The van der Waals surface area contributed by atoms with Crippen molar-refractivity contribution in [3.05, 3.63) is 0 Å². The summed E-state index contributed by atoms with van der Waals surface area (Å²) in [6.45, 7) is 8.47. The summed E-state index contributed by atoms with van der Waals surface area (Å²) in [4.78, 5) is 17.1. The van der Waals surface area contributed by atoms with Crippen molar-refractivity contribution in [2.45, 2.75) is 40.0 Å². The lowest BCUT2D eigenvalue weighted by molar-refractivity contribution is -0.206. The first kappa shape index (κ1) is 14.5. The van der Waals surface area contributed by atoms with E-state index in [0.29, 0.717) is 0 Å². The van der Waals surface area contributed by atoms with Crippen molar-refractivity contribution in [1.82, 2.24) is 10.4 Å². The summed E-state index contributed by atoms with van der Waals surface area (Å²) in [5, 5.41) is 5.00. The zero-order chi connectivity index (χ0) is 12.9. The molecule has 1 rings (SSSR count). The zero-order valence-electron chi connectivity index (χ0n) is 11.6. The molecule has 100 valence electrons. The van der Waals surface area contributed by atoms with Gasteiger partial charge in [0, 0.05) is 13.1 Å². The lowest BCUT2D eigenvalue weighted by Crippen LogP contribution is -2.39. The molecule has 1 aliphatic rings. The predicted molar refractivity (Wildman–Crippen MR) is 68.4 cm³/mol. The van der Waals surface area contributed by atoms with E-state index in [9.17, 15) is 4.79 Å². The molecule has 1 fully saturated rings. The Balaban J connectivity index is 2.25. The molecule has 1 aliphatic heterocycles. The first-order valence-electron chi connectivity index (χ1n) is 6.55. The van der Waals surface area contributed by atoms with Crippen molar-refractivity contribution in [3.63, 3.8) is 0 Å². The van der Waals surface area contributed by atoms with Gasteiger partial charge in [0.15, 0.2) is 0 Å². The quantitative estimate of drug-likeness (QED) is 0.816. The predicted octanol–water partition coefficient (Wildman–Crippen LogP) is 1.81. The lowest BCUT2D eigenvalue weighted by atomic mass is 9.94. The van der Waals surface area contributed by atoms with E-state index < -0.39 is 5.41 Å². The minimum absolute atomic E-state index is 0.133. The molecular formula is C13H26N2O2. The maximum absolute atomic E-state index is 11.7. The van der Waals surface area contributed by atoms with E-state index in [-0.39, 0.29) is 5.97 Å². The van der Waals surface area contributed by atoms with E-state index in [2.05, 4.69) is 5.32 Å². The number of carbonyl (C=O) groups excluding carboxylic acids is 1. The second-order valence-electron chi connectivity index (χ2n) is 5.89. The van der Waals surface area contributed by atoms with Crippen molar-refractivity contribution >= 4 is 5.97 Å². The number of hydroxylamine groups is 2. The van der Waals surface area contributed by atoms with Gasteiger partial charge in [-0.15, -0.1) is 5.06 Å². The molecule has 0 aliphatic carbocycles. The molecule has 1 saturated heterocycles. The van der Waals surface area contributed by atoms with E-state index in [1.807, 2.05) is 32.9 Å². The van der Waals surface area contributed by atoms with Crippen LogP contribution in [0.3, 0.4) is 0 Å². The van der Waals surface area contributed by atoms with Crippen LogP contribution in [0.2, 0.25) is 0 Å². The van der Waals surface area contributed by atoms with Crippen LogP contribution in [0.15, 0.2) is 0 Å². The fraction of sp³-hybridized carbons (Fsp3) is 0.923. The number of hydrogen-bond acceptors (Lipinski definition) is 4. The Hall–Kier alpha value is -0.610. The van der Waals surface area contributed by atoms with Gasteiger partial charge < -0.3 is 10.2 Å². The summed E-state index contributed by atoms with van der Waals surface area (Å²) < 4.78 is 0. The Bertz CT molecular complexity index is 240. The Labute approximate surface area is 105 Å². The Morgan fingerprint density at radius 2 is 1.94 bits per heavy atom. The highest BCUT2D eigenvalue weighted by Gasteiger charge is 2.28. The minimum atomic E-state index is -0.414. The second-order valence-corrected chi connectivity index (χ2v) is 5.89. The second kappa shape index (κ2) is 6.36. The summed E-state index contributed by atoms with van der Waals surface area (Å²) in [6, 6.07) is 0. The number of hydrogen-bond donors (Lipinski definition) is 1. The smallest absolute Gasteiger partial charge is 0.330 e. The number of piperidine rings is 1. The molecule has 0 atom stereocenters. The molecule has 0 spiro atoms. The molecule has 0 bridgehead atoms. The highest BCUT2D eigenvalue weighted by Crippen LogP contribution is 2.22. The minimum Gasteiger partial charge on any atom is -0.367 e. The third-order valence-electron chi connectivity index (χ3n) is 3.20. The first-order chi connectivity index (χ1) is 7.93. The molecule has 0 aromatic rings. The van der Waals surface area contributed by atoms with Gasteiger partial charge in [0.05, 0.1) is 5.41 Å². The Morgan fingerprint density at radius 3 is 2.41 bits per heavy atom. The molecule has 1 N–H and O–H groups in total. The summed E-state index contributed by atoms with van der Waals surface area (Å²) in [5.74, 6) is 0.637. The molecule has 4 nitrogen and oxygen atoms in total. The fourth-order valence-electron chi connectivity index (χ4n) is 1.89. The molecule has 1 heterocycles. The van der Waals surface area contributed by atoms with Gasteiger partial charge in [0.2, 0.25) is 0 Å². The van der Waals surface area contributed by atoms with Gasteiger partial charge in [-0.25, -0.2) is 4.79 Å². The van der Waals surface area contributed by atoms with E-state index in [4.69, 9.17) is 4.84 Å². The van der Waals surface area contributed by atoms with Crippen LogP contribution in [0, 0.1) is 11.3 Å². The average molecular weight is 242 g/mol. The topological polar surface area (TPSA) is 41.6 Å². The molecule has 0 saturated carbocycles. The van der Waals surface area contributed by atoms with Gasteiger partial charge in [-0.05, 0) is 59.5 Å². The monoisotopic (exact) mass is 242 g/mol. The van der Waals surface area contributed by atoms with Gasteiger partial charge in [0.25, 0.3) is 0 Å².